The molecule has 0 radical (unpaired) electrons. The van der Waals surface area contributed by atoms with E-state index in [-0.39, 0.29) is 11.9 Å². The molecular formula is C22H25ClN6OS. The van der Waals surface area contributed by atoms with Crippen molar-refractivity contribution in [2.75, 3.05) is 43.4 Å². The summed E-state index contributed by atoms with van der Waals surface area (Å²) in [4.78, 5) is 27.0. The van der Waals surface area contributed by atoms with Crippen LogP contribution >= 0.6 is 22.9 Å². The Balaban J connectivity index is 1.23. The standard InChI is InChI=1S/C22H25ClN6OS/c1-28(16-4-2-15(23)3-5-16)19-7-6-17-21(26-19)31-22(25-17)27-20(30)18-13-29(18)12-14-8-10-24-11-9-14/h2-7,14,18,24H,8-13H2,1H3,(H,25,27,30). The van der Waals surface area contributed by atoms with Gasteiger partial charge in [0.2, 0.25) is 5.91 Å². The maximum absolute atomic E-state index is 12.7. The predicted molar refractivity (Wildman–Crippen MR) is 127 cm³/mol. The molecule has 7 nitrogen and oxygen atoms in total. The van der Waals surface area contributed by atoms with Gasteiger partial charge in [0.15, 0.2) is 5.13 Å². The minimum atomic E-state index is -0.0264. The number of hydrogen-bond acceptors (Lipinski definition) is 7. The van der Waals surface area contributed by atoms with Gasteiger partial charge in [0.25, 0.3) is 0 Å². The lowest BCUT2D eigenvalue weighted by molar-refractivity contribution is -0.116. The number of nitrogens with zero attached hydrogens (tertiary/aromatic N) is 4. The Kier molecular flexibility index (Phi) is 5.79. The molecule has 9 heteroatoms. The summed E-state index contributed by atoms with van der Waals surface area (Å²) in [5.41, 5.74) is 1.78. The molecule has 0 aliphatic carbocycles. The highest BCUT2D eigenvalue weighted by Gasteiger charge is 2.41. The number of aromatic nitrogens is 2. The molecule has 2 atom stereocenters. The van der Waals surface area contributed by atoms with Crippen LogP contribution in [0.2, 0.25) is 5.02 Å². The molecule has 2 unspecified atom stereocenters. The summed E-state index contributed by atoms with van der Waals surface area (Å²) in [6, 6.07) is 11.5. The topological polar surface area (TPSA) is 73.2 Å². The van der Waals surface area contributed by atoms with Crippen LogP contribution in [0.25, 0.3) is 10.3 Å². The van der Waals surface area contributed by atoms with Crippen LogP contribution < -0.4 is 15.5 Å². The normalized spacial score (nSPS) is 21.2. The highest BCUT2D eigenvalue weighted by molar-refractivity contribution is 7.22. The molecule has 2 aromatic heterocycles. The molecule has 4 heterocycles. The molecule has 3 aromatic rings. The summed E-state index contributed by atoms with van der Waals surface area (Å²) in [7, 11) is 1.96. The first-order valence-corrected chi connectivity index (χ1v) is 11.8. The number of pyridine rings is 1. The Morgan fingerprint density at radius 2 is 2.00 bits per heavy atom. The number of thiazole rings is 1. The third-order valence-corrected chi connectivity index (χ3v) is 7.13. The second kappa shape index (κ2) is 8.70. The van der Waals surface area contributed by atoms with Crippen LogP contribution in [-0.2, 0) is 4.79 Å². The van der Waals surface area contributed by atoms with Gasteiger partial charge >= 0.3 is 0 Å². The lowest BCUT2D eigenvalue weighted by Gasteiger charge is -2.22. The first-order chi connectivity index (χ1) is 15.1. The first-order valence-electron chi connectivity index (χ1n) is 10.6. The van der Waals surface area contributed by atoms with E-state index in [9.17, 15) is 4.79 Å². The summed E-state index contributed by atoms with van der Waals surface area (Å²) in [6.07, 6.45) is 2.39. The summed E-state index contributed by atoms with van der Waals surface area (Å²) in [5, 5.41) is 7.69. The second-order valence-electron chi connectivity index (χ2n) is 8.20. The average molecular weight is 457 g/mol. The fraction of sp³-hybridized carbons (Fsp3) is 0.409. The molecule has 1 aromatic carbocycles. The molecule has 0 saturated carbocycles. The number of carbonyl (C=O) groups is 1. The predicted octanol–water partition coefficient (Wildman–Crippen LogP) is 3.73. The van der Waals surface area contributed by atoms with E-state index in [1.807, 2.05) is 48.3 Å². The van der Waals surface area contributed by atoms with Gasteiger partial charge in [-0.15, -0.1) is 0 Å². The summed E-state index contributed by atoms with van der Waals surface area (Å²) >= 11 is 7.40. The Morgan fingerprint density at radius 1 is 1.23 bits per heavy atom. The third-order valence-electron chi connectivity index (χ3n) is 6.00. The van der Waals surface area contributed by atoms with E-state index in [1.54, 1.807) is 0 Å². The van der Waals surface area contributed by atoms with Crippen molar-refractivity contribution in [3.05, 3.63) is 41.4 Å². The minimum Gasteiger partial charge on any atom is -0.329 e. The number of fused-ring (bicyclic) bond motifs is 1. The van der Waals surface area contributed by atoms with Crippen molar-refractivity contribution in [3.8, 4) is 0 Å². The fourth-order valence-corrected chi connectivity index (χ4v) is 5.02. The summed E-state index contributed by atoms with van der Waals surface area (Å²) in [5.74, 6) is 1.54. The Labute approximate surface area is 190 Å². The zero-order valence-corrected chi connectivity index (χ0v) is 18.9. The van der Waals surface area contributed by atoms with E-state index < -0.39 is 0 Å². The van der Waals surface area contributed by atoms with Gasteiger partial charge in [0, 0.05) is 30.8 Å². The molecule has 2 N–H and O–H groups in total. The van der Waals surface area contributed by atoms with Gasteiger partial charge in [-0.05, 0) is 68.2 Å². The average Bonchev–Trinajstić information content (AvgIpc) is 3.43. The van der Waals surface area contributed by atoms with E-state index >= 15 is 0 Å². The number of halogens is 1. The minimum absolute atomic E-state index is 0.0264. The maximum Gasteiger partial charge on any atom is 0.244 e. The van der Waals surface area contributed by atoms with Crippen molar-refractivity contribution < 1.29 is 4.79 Å². The maximum atomic E-state index is 12.7. The van der Waals surface area contributed by atoms with Gasteiger partial charge in [-0.1, -0.05) is 22.9 Å². The highest BCUT2D eigenvalue weighted by atomic mass is 35.5. The number of anilines is 3. The van der Waals surface area contributed by atoms with Crippen molar-refractivity contribution in [2.45, 2.75) is 18.9 Å². The third kappa shape index (κ3) is 4.67. The van der Waals surface area contributed by atoms with Crippen molar-refractivity contribution in [1.29, 1.82) is 0 Å². The van der Waals surface area contributed by atoms with Crippen molar-refractivity contribution in [1.82, 2.24) is 20.2 Å². The highest BCUT2D eigenvalue weighted by Crippen LogP contribution is 2.30. The number of piperidine rings is 1. The second-order valence-corrected chi connectivity index (χ2v) is 9.61. The molecule has 2 saturated heterocycles. The monoisotopic (exact) mass is 456 g/mol. The van der Waals surface area contributed by atoms with E-state index in [2.05, 4.69) is 20.5 Å². The molecule has 31 heavy (non-hydrogen) atoms. The summed E-state index contributed by atoms with van der Waals surface area (Å²) < 4.78 is 0. The smallest absolute Gasteiger partial charge is 0.244 e. The lowest BCUT2D eigenvalue weighted by atomic mass is 9.98. The Bertz CT molecular complexity index is 1080. The molecule has 5 rings (SSSR count). The number of benzene rings is 1. The zero-order chi connectivity index (χ0) is 21.4. The van der Waals surface area contributed by atoms with Crippen LogP contribution in [0.15, 0.2) is 36.4 Å². The number of rotatable bonds is 6. The van der Waals surface area contributed by atoms with Crippen LogP contribution in [0, 0.1) is 5.92 Å². The van der Waals surface area contributed by atoms with Gasteiger partial charge in [-0.3, -0.25) is 9.69 Å². The molecule has 0 bridgehead atoms. The van der Waals surface area contributed by atoms with Gasteiger partial charge in [-0.2, -0.15) is 0 Å². The number of hydrogen-bond donors (Lipinski definition) is 2. The van der Waals surface area contributed by atoms with Crippen molar-refractivity contribution in [3.63, 3.8) is 0 Å². The van der Waals surface area contributed by atoms with Gasteiger partial charge in [0.1, 0.15) is 22.2 Å². The van der Waals surface area contributed by atoms with E-state index in [0.717, 1.165) is 48.0 Å². The van der Waals surface area contributed by atoms with E-state index in [0.29, 0.717) is 16.1 Å². The first kappa shape index (κ1) is 20.6. The number of amides is 1. The molecule has 1 amide bonds. The van der Waals surface area contributed by atoms with Crippen LogP contribution in [0.4, 0.5) is 16.6 Å². The van der Waals surface area contributed by atoms with Crippen molar-refractivity contribution in [2.24, 2.45) is 5.92 Å². The summed E-state index contributed by atoms with van der Waals surface area (Å²) in [6.45, 7) is 4.03. The lowest BCUT2D eigenvalue weighted by Crippen LogP contribution is -2.32. The molecule has 2 aliphatic heterocycles. The van der Waals surface area contributed by atoms with Gasteiger partial charge in [0.05, 0.1) is 0 Å². The Morgan fingerprint density at radius 3 is 2.77 bits per heavy atom. The van der Waals surface area contributed by atoms with E-state index in [1.165, 1.54) is 24.2 Å². The molecular weight excluding hydrogens is 432 g/mol. The molecule has 0 spiro atoms. The van der Waals surface area contributed by atoms with Gasteiger partial charge < -0.3 is 15.5 Å². The molecule has 162 valence electrons. The number of carbonyl (C=O) groups excluding carboxylic acids is 1. The van der Waals surface area contributed by atoms with Crippen LogP contribution in [-0.4, -0.2) is 60.0 Å². The Hall–Kier alpha value is -2.26. The van der Waals surface area contributed by atoms with Crippen LogP contribution in [0.5, 0.6) is 0 Å². The molecule has 2 fully saturated rings. The number of nitrogens with one attached hydrogen (secondary N) is 2. The van der Waals surface area contributed by atoms with Gasteiger partial charge in [-0.25, -0.2) is 9.97 Å². The zero-order valence-electron chi connectivity index (χ0n) is 17.3. The quantitative estimate of drug-likeness (QED) is 0.550. The fourth-order valence-electron chi connectivity index (χ4n) is 4.05. The van der Waals surface area contributed by atoms with E-state index in [4.69, 9.17) is 16.6 Å². The van der Waals surface area contributed by atoms with Crippen LogP contribution in [0.1, 0.15) is 12.8 Å². The van der Waals surface area contributed by atoms with Crippen molar-refractivity contribution >= 4 is 55.8 Å². The largest absolute Gasteiger partial charge is 0.329 e. The SMILES string of the molecule is CN(c1ccc(Cl)cc1)c1ccc2nc(NC(=O)C3CN3CC3CCNCC3)sc2n1. The van der Waals surface area contributed by atoms with Crippen LogP contribution in [0.3, 0.4) is 0 Å². The molecule has 2 aliphatic rings.